The molecule has 1 saturated heterocycles. The van der Waals surface area contributed by atoms with Crippen molar-refractivity contribution >= 4 is 11.9 Å². The molecule has 0 aliphatic carbocycles. The SMILES string of the molecule is COC(=O)C1(Cc2cccc(OC(F)(F)F)c2)CCN(C(=O)Cc2cncn2Cc2ccc(C#N)cc2)CC1. The third-order valence-corrected chi connectivity index (χ3v) is 6.93. The molecule has 0 N–H and O–H groups in total. The molecule has 0 saturated carbocycles. The Bertz CT molecular complexity index is 1350. The van der Waals surface area contributed by atoms with Crippen LogP contribution in [-0.2, 0) is 33.7 Å². The lowest BCUT2D eigenvalue weighted by Gasteiger charge is -2.40. The first-order chi connectivity index (χ1) is 18.6. The van der Waals surface area contributed by atoms with Crippen molar-refractivity contribution in [2.24, 2.45) is 5.41 Å². The summed E-state index contributed by atoms with van der Waals surface area (Å²) >= 11 is 0. The van der Waals surface area contributed by atoms with Crippen LogP contribution < -0.4 is 4.74 Å². The number of halogens is 3. The Labute approximate surface area is 223 Å². The number of esters is 1. The summed E-state index contributed by atoms with van der Waals surface area (Å²) in [5, 5.41) is 8.98. The van der Waals surface area contributed by atoms with Crippen molar-refractivity contribution < 1.29 is 32.2 Å². The van der Waals surface area contributed by atoms with Crippen LogP contribution in [0.15, 0.2) is 61.1 Å². The van der Waals surface area contributed by atoms with Crippen LogP contribution >= 0.6 is 0 Å². The average molecular weight is 541 g/mol. The van der Waals surface area contributed by atoms with Gasteiger partial charge in [0.2, 0.25) is 5.91 Å². The minimum atomic E-state index is -4.82. The molecule has 0 atom stereocenters. The molecule has 1 aromatic heterocycles. The van der Waals surface area contributed by atoms with Crippen molar-refractivity contribution in [3.8, 4) is 11.8 Å². The topological polar surface area (TPSA) is 97.4 Å². The van der Waals surface area contributed by atoms with Crippen molar-refractivity contribution in [1.82, 2.24) is 14.5 Å². The second-order valence-electron chi connectivity index (χ2n) is 9.52. The molecule has 0 spiro atoms. The highest BCUT2D eigenvalue weighted by molar-refractivity contribution is 5.80. The quantitative estimate of drug-likeness (QED) is 0.396. The molecule has 0 unspecified atom stereocenters. The van der Waals surface area contributed by atoms with Gasteiger partial charge < -0.3 is 18.9 Å². The standard InChI is InChI=1S/C28H27F3N4O4/c1-38-26(37)27(15-22-3-2-4-24(13-22)39-28(29,30)31)9-11-34(12-10-27)25(36)14-23-17-33-19-35(23)18-21-7-5-20(16-32)6-8-21/h2-8,13,17,19H,9-12,14-15,18H2,1H3. The molecule has 1 aliphatic heterocycles. The summed E-state index contributed by atoms with van der Waals surface area (Å²) in [5.74, 6) is -0.932. The minimum Gasteiger partial charge on any atom is -0.469 e. The van der Waals surface area contributed by atoms with Gasteiger partial charge in [0, 0.05) is 31.5 Å². The van der Waals surface area contributed by atoms with Crippen LogP contribution in [0, 0.1) is 16.7 Å². The van der Waals surface area contributed by atoms with E-state index in [1.807, 2.05) is 16.7 Å². The second kappa shape index (κ2) is 11.6. The highest BCUT2D eigenvalue weighted by atomic mass is 19.4. The van der Waals surface area contributed by atoms with Crippen LogP contribution in [0.5, 0.6) is 5.75 Å². The monoisotopic (exact) mass is 540 g/mol. The summed E-state index contributed by atoms with van der Waals surface area (Å²) in [4.78, 5) is 31.8. The Balaban J connectivity index is 1.40. The highest BCUT2D eigenvalue weighted by Crippen LogP contribution is 2.37. The first kappa shape index (κ1) is 27.7. The van der Waals surface area contributed by atoms with Gasteiger partial charge in [0.05, 0.1) is 36.9 Å². The predicted octanol–water partition coefficient (Wildman–Crippen LogP) is 4.27. The van der Waals surface area contributed by atoms with Gasteiger partial charge in [0.1, 0.15) is 5.75 Å². The number of hydrogen-bond donors (Lipinski definition) is 0. The Morgan fingerprint density at radius 1 is 1.10 bits per heavy atom. The number of methoxy groups -OCH3 is 1. The summed E-state index contributed by atoms with van der Waals surface area (Å²) in [6.07, 6.45) is -0.634. The maximum Gasteiger partial charge on any atom is 0.573 e. The van der Waals surface area contributed by atoms with Crippen molar-refractivity contribution in [2.45, 2.75) is 38.6 Å². The van der Waals surface area contributed by atoms with Gasteiger partial charge in [0.15, 0.2) is 0 Å². The van der Waals surface area contributed by atoms with E-state index in [4.69, 9.17) is 10.00 Å². The number of carbonyl (C=O) groups excluding carboxylic acids is 2. The van der Waals surface area contributed by atoms with Gasteiger partial charge in [0.25, 0.3) is 0 Å². The molecule has 11 heteroatoms. The molecule has 204 valence electrons. The molecule has 1 fully saturated rings. The Hall–Kier alpha value is -4.33. The number of aromatic nitrogens is 2. The number of benzene rings is 2. The number of nitriles is 1. The van der Waals surface area contributed by atoms with E-state index < -0.39 is 17.7 Å². The van der Waals surface area contributed by atoms with Gasteiger partial charge >= 0.3 is 12.3 Å². The first-order valence-electron chi connectivity index (χ1n) is 12.3. The van der Waals surface area contributed by atoms with E-state index >= 15 is 0 Å². The number of carbonyl (C=O) groups is 2. The zero-order valence-corrected chi connectivity index (χ0v) is 21.3. The van der Waals surface area contributed by atoms with E-state index in [1.54, 1.807) is 35.6 Å². The number of alkyl halides is 3. The summed E-state index contributed by atoms with van der Waals surface area (Å²) < 4.78 is 48.9. The third-order valence-electron chi connectivity index (χ3n) is 6.93. The molecular formula is C28H27F3N4O4. The first-order valence-corrected chi connectivity index (χ1v) is 12.3. The normalized spacial score (nSPS) is 14.9. The number of ether oxygens (including phenoxy) is 2. The zero-order chi connectivity index (χ0) is 28.0. The molecule has 1 amide bonds. The minimum absolute atomic E-state index is 0.115. The van der Waals surface area contributed by atoms with Gasteiger partial charge in [-0.15, -0.1) is 13.2 Å². The molecule has 2 heterocycles. The van der Waals surface area contributed by atoms with Crippen LogP contribution in [0.2, 0.25) is 0 Å². The van der Waals surface area contributed by atoms with Gasteiger partial charge in [-0.1, -0.05) is 24.3 Å². The zero-order valence-electron chi connectivity index (χ0n) is 21.3. The van der Waals surface area contributed by atoms with E-state index in [9.17, 15) is 22.8 Å². The van der Waals surface area contributed by atoms with E-state index in [1.165, 1.54) is 25.3 Å². The van der Waals surface area contributed by atoms with E-state index in [-0.39, 0.29) is 24.5 Å². The van der Waals surface area contributed by atoms with Crippen molar-refractivity contribution in [1.29, 1.82) is 5.26 Å². The Kier molecular flexibility index (Phi) is 8.24. The number of nitrogens with zero attached hydrogens (tertiary/aromatic N) is 4. The van der Waals surface area contributed by atoms with Gasteiger partial charge in [-0.25, -0.2) is 4.98 Å². The summed E-state index contributed by atoms with van der Waals surface area (Å²) in [6.45, 7) is 1.10. The van der Waals surface area contributed by atoms with Crippen molar-refractivity contribution in [2.75, 3.05) is 20.2 Å². The number of likely N-dealkylation sites (tertiary alicyclic amines) is 1. The Morgan fingerprint density at radius 3 is 2.46 bits per heavy atom. The van der Waals surface area contributed by atoms with E-state index in [0.29, 0.717) is 43.6 Å². The third kappa shape index (κ3) is 6.96. The largest absolute Gasteiger partial charge is 0.573 e. The molecule has 8 nitrogen and oxygen atoms in total. The van der Waals surface area contributed by atoms with Crippen LogP contribution in [-0.4, -0.2) is 52.9 Å². The number of imidazole rings is 1. The summed E-state index contributed by atoms with van der Waals surface area (Å²) in [5.41, 5.74) is 1.80. The fraction of sp³-hybridized carbons (Fsp3) is 0.357. The lowest BCUT2D eigenvalue weighted by Crippen LogP contribution is -2.48. The number of amides is 1. The number of piperidine rings is 1. The lowest BCUT2D eigenvalue weighted by molar-refractivity contribution is -0.274. The van der Waals surface area contributed by atoms with Gasteiger partial charge in [-0.3, -0.25) is 9.59 Å². The molecular weight excluding hydrogens is 513 g/mol. The molecule has 1 aliphatic rings. The molecule has 0 bridgehead atoms. The smallest absolute Gasteiger partial charge is 0.469 e. The van der Waals surface area contributed by atoms with Crippen LogP contribution in [0.1, 0.15) is 35.2 Å². The van der Waals surface area contributed by atoms with Crippen LogP contribution in [0.4, 0.5) is 13.2 Å². The summed E-state index contributed by atoms with van der Waals surface area (Å²) in [7, 11) is 1.28. The molecule has 3 aromatic rings. The fourth-order valence-electron chi connectivity index (χ4n) is 4.88. The highest BCUT2D eigenvalue weighted by Gasteiger charge is 2.43. The maximum atomic E-state index is 13.1. The maximum absolute atomic E-state index is 13.1. The van der Waals surface area contributed by atoms with Crippen molar-refractivity contribution in [3.05, 3.63) is 83.4 Å². The lowest BCUT2D eigenvalue weighted by atomic mass is 9.73. The molecule has 0 radical (unpaired) electrons. The van der Waals surface area contributed by atoms with Crippen LogP contribution in [0.3, 0.4) is 0 Å². The predicted molar refractivity (Wildman–Crippen MR) is 133 cm³/mol. The van der Waals surface area contributed by atoms with Gasteiger partial charge in [-0.05, 0) is 54.7 Å². The van der Waals surface area contributed by atoms with E-state index in [2.05, 4.69) is 15.8 Å². The van der Waals surface area contributed by atoms with Crippen LogP contribution in [0.25, 0.3) is 0 Å². The number of rotatable bonds is 8. The summed E-state index contributed by atoms with van der Waals surface area (Å²) in [6, 6.07) is 14.8. The number of hydrogen-bond acceptors (Lipinski definition) is 6. The van der Waals surface area contributed by atoms with E-state index in [0.717, 1.165) is 11.3 Å². The molecule has 39 heavy (non-hydrogen) atoms. The van der Waals surface area contributed by atoms with Crippen molar-refractivity contribution in [3.63, 3.8) is 0 Å². The van der Waals surface area contributed by atoms with Gasteiger partial charge in [-0.2, -0.15) is 5.26 Å². The Morgan fingerprint density at radius 2 is 1.82 bits per heavy atom. The average Bonchev–Trinajstić information content (AvgIpc) is 3.34. The molecule has 4 rings (SSSR count). The second-order valence-corrected chi connectivity index (χ2v) is 9.52. The molecule has 2 aromatic carbocycles. The fourth-order valence-corrected chi connectivity index (χ4v) is 4.88.